The van der Waals surface area contributed by atoms with Crippen LogP contribution in [0.3, 0.4) is 0 Å². The number of halogens is 3. The third-order valence-corrected chi connectivity index (χ3v) is 10.4. The van der Waals surface area contributed by atoms with Gasteiger partial charge in [-0.2, -0.15) is 17.5 Å². The molecule has 0 radical (unpaired) electrons. The Labute approximate surface area is 226 Å². The lowest BCUT2D eigenvalue weighted by Gasteiger charge is -2.45. The third-order valence-electron chi connectivity index (χ3n) is 7.93. The van der Waals surface area contributed by atoms with Gasteiger partial charge in [0.25, 0.3) is 0 Å². The van der Waals surface area contributed by atoms with Gasteiger partial charge in [-0.25, -0.2) is 8.42 Å². The zero-order chi connectivity index (χ0) is 27.3. The summed E-state index contributed by atoms with van der Waals surface area (Å²) in [4.78, 5) is 4.91. The zero-order valence-corrected chi connectivity index (χ0v) is 22.7. The second-order valence-electron chi connectivity index (χ2n) is 10.6. The van der Waals surface area contributed by atoms with Gasteiger partial charge in [-0.1, -0.05) is 36.5 Å². The maximum atomic E-state index is 13.5. The quantitative estimate of drug-likeness (QED) is 0.525. The number of piperazine rings is 1. The van der Waals surface area contributed by atoms with Crippen LogP contribution in [0.5, 0.6) is 0 Å². The number of likely N-dealkylation sites (tertiary alicyclic amines) is 1. The fourth-order valence-electron chi connectivity index (χ4n) is 5.72. The number of hydrogen-bond acceptors (Lipinski definition) is 7. The fraction of sp³-hybridized carbons (Fsp3) is 0.577. The van der Waals surface area contributed by atoms with Crippen LogP contribution in [0, 0.1) is 0 Å². The Hall–Kier alpha value is -1.83. The normalized spacial score (nSPS) is 28.9. The summed E-state index contributed by atoms with van der Waals surface area (Å²) in [5.74, 6) is 0. The number of alkyl halides is 3. The first kappa shape index (κ1) is 27.7. The van der Waals surface area contributed by atoms with Crippen LogP contribution in [-0.4, -0.2) is 91.3 Å². The number of hydrogen-bond donors (Lipinski definition) is 1. The number of benzene rings is 1. The summed E-state index contributed by atoms with van der Waals surface area (Å²) in [5, 5.41) is 10.1. The van der Waals surface area contributed by atoms with E-state index in [0.29, 0.717) is 30.1 Å². The molecule has 1 aromatic carbocycles. The van der Waals surface area contributed by atoms with Gasteiger partial charge in [0.2, 0.25) is 10.0 Å². The third kappa shape index (κ3) is 5.31. The number of aliphatic hydroxyl groups is 1. The number of sulfonamides is 1. The topological polar surface area (TPSA) is 73.3 Å². The Kier molecular flexibility index (Phi) is 7.51. The molecule has 1 aromatic rings. The van der Waals surface area contributed by atoms with Gasteiger partial charge in [-0.3, -0.25) is 4.90 Å². The number of nitrogens with zero attached hydrogens (tertiary/aromatic N) is 3. The lowest BCUT2D eigenvalue weighted by atomic mass is 9.95. The van der Waals surface area contributed by atoms with Gasteiger partial charge in [0.1, 0.15) is 0 Å². The first-order chi connectivity index (χ1) is 17.9. The van der Waals surface area contributed by atoms with Crippen molar-refractivity contribution in [2.75, 3.05) is 44.2 Å². The van der Waals surface area contributed by atoms with E-state index >= 15 is 0 Å². The molecule has 3 aliphatic heterocycles. The number of allylic oxidation sites excluding steroid dienone is 4. The SMILES string of the molecule is C[C@](O)(c1ccc(N2CCN(S(=O)(=O)C3=CC=CCC3=S)C[C@@H]2CN2CC3CCC(C2)O3)cc1)C(F)(F)F. The molecule has 1 aliphatic carbocycles. The van der Waals surface area contributed by atoms with E-state index in [1.54, 1.807) is 24.3 Å². The molecule has 12 heteroatoms. The average Bonchev–Trinajstić information content (AvgIpc) is 3.21. The van der Waals surface area contributed by atoms with Crippen molar-refractivity contribution in [3.05, 3.63) is 53.0 Å². The number of anilines is 1. The van der Waals surface area contributed by atoms with Gasteiger partial charge in [0.05, 0.1) is 23.2 Å². The number of morpholine rings is 1. The first-order valence-electron chi connectivity index (χ1n) is 12.8. The van der Waals surface area contributed by atoms with E-state index in [1.807, 2.05) is 6.08 Å². The lowest BCUT2D eigenvalue weighted by Crippen LogP contribution is -2.60. The van der Waals surface area contributed by atoms with Crippen molar-refractivity contribution in [3.63, 3.8) is 0 Å². The summed E-state index contributed by atoms with van der Waals surface area (Å²) in [6.07, 6.45) is 3.05. The van der Waals surface area contributed by atoms with Gasteiger partial charge in [0, 0.05) is 56.2 Å². The van der Waals surface area contributed by atoms with Crippen LogP contribution in [0.2, 0.25) is 0 Å². The van der Waals surface area contributed by atoms with Crippen LogP contribution in [0.4, 0.5) is 18.9 Å². The lowest BCUT2D eigenvalue weighted by molar-refractivity contribution is -0.258. The zero-order valence-electron chi connectivity index (χ0n) is 21.1. The molecule has 0 spiro atoms. The molecule has 38 heavy (non-hydrogen) atoms. The van der Waals surface area contributed by atoms with E-state index in [-0.39, 0.29) is 41.8 Å². The molecule has 0 aromatic heterocycles. The minimum Gasteiger partial charge on any atom is -0.376 e. The van der Waals surface area contributed by atoms with Crippen molar-refractivity contribution < 1.29 is 31.4 Å². The molecular formula is C26H32F3N3O4S2. The highest BCUT2D eigenvalue weighted by Gasteiger charge is 2.51. The van der Waals surface area contributed by atoms with Crippen LogP contribution in [0.25, 0.3) is 0 Å². The minimum atomic E-state index is -4.81. The molecule has 0 saturated carbocycles. The van der Waals surface area contributed by atoms with E-state index in [1.165, 1.54) is 16.4 Å². The smallest absolute Gasteiger partial charge is 0.376 e. The van der Waals surface area contributed by atoms with Crippen molar-refractivity contribution in [2.24, 2.45) is 0 Å². The summed E-state index contributed by atoms with van der Waals surface area (Å²) < 4.78 is 74.6. The highest BCUT2D eigenvalue weighted by atomic mass is 32.2. The monoisotopic (exact) mass is 571 g/mol. The van der Waals surface area contributed by atoms with Crippen molar-refractivity contribution in [3.8, 4) is 0 Å². The molecule has 5 rings (SSSR count). The summed E-state index contributed by atoms with van der Waals surface area (Å²) >= 11 is 5.35. The molecule has 3 heterocycles. The fourth-order valence-corrected chi connectivity index (χ4v) is 7.79. The van der Waals surface area contributed by atoms with Crippen LogP contribution < -0.4 is 4.90 Å². The van der Waals surface area contributed by atoms with E-state index in [4.69, 9.17) is 17.0 Å². The molecule has 2 bridgehead atoms. The van der Waals surface area contributed by atoms with Crippen LogP contribution >= 0.6 is 12.2 Å². The molecule has 4 aliphatic rings. The summed E-state index contributed by atoms with van der Waals surface area (Å²) in [5.41, 5.74) is -2.53. The standard InChI is InChI=1S/C26H32F3N3O4S2/c1-25(33,26(27,28)29)18-6-8-19(9-7-18)32-13-12-31(38(34,35)24-5-3-2-4-23(24)37)15-20(32)14-30-16-21-10-11-22(17-30)36-21/h2-3,5-9,20-22,33H,4,10-17H2,1H3/t20-,21?,22?,25-/m0/s1. The minimum absolute atomic E-state index is 0.158. The van der Waals surface area contributed by atoms with Crippen molar-refractivity contribution >= 4 is 32.8 Å². The molecule has 1 N–H and O–H groups in total. The Bertz CT molecular complexity index is 1220. The van der Waals surface area contributed by atoms with Crippen LogP contribution in [-0.2, 0) is 20.4 Å². The maximum Gasteiger partial charge on any atom is 0.421 e. The molecule has 3 fully saturated rings. The van der Waals surface area contributed by atoms with Gasteiger partial charge in [0.15, 0.2) is 5.60 Å². The second kappa shape index (κ2) is 10.3. The molecule has 4 atom stereocenters. The highest BCUT2D eigenvalue weighted by molar-refractivity contribution is 7.96. The van der Waals surface area contributed by atoms with Gasteiger partial charge >= 0.3 is 6.18 Å². The van der Waals surface area contributed by atoms with E-state index in [2.05, 4.69) is 9.80 Å². The maximum absolute atomic E-state index is 13.5. The van der Waals surface area contributed by atoms with Gasteiger partial charge < -0.3 is 14.7 Å². The van der Waals surface area contributed by atoms with Gasteiger partial charge in [-0.05, 0) is 43.5 Å². The van der Waals surface area contributed by atoms with Crippen molar-refractivity contribution in [2.45, 2.75) is 56.2 Å². The second-order valence-corrected chi connectivity index (χ2v) is 13.0. The molecule has 2 unspecified atom stereocenters. The number of thiocarbonyl (C=S) groups is 1. The Morgan fingerprint density at radius 2 is 1.74 bits per heavy atom. The molecular weight excluding hydrogens is 539 g/mol. The average molecular weight is 572 g/mol. The van der Waals surface area contributed by atoms with Crippen LogP contribution in [0.1, 0.15) is 31.7 Å². The van der Waals surface area contributed by atoms with E-state index in [0.717, 1.165) is 32.9 Å². The van der Waals surface area contributed by atoms with Crippen molar-refractivity contribution in [1.29, 1.82) is 0 Å². The van der Waals surface area contributed by atoms with E-state index < -0.39 is 21.8 Å². The number of ether oxygens (including phenoxy) is 1. The Balaban J connectivity index is 1.40. The molecule has 7 nitrogen and oxygen atoms in total. The Morgan fingerprint density at radius 1 is 1.08 bits per heavy atom. The number of rotatable bonds is 6. The summed E-state index contributed by atoms with van der Waals surface area (Å²) in [6.45, 7) is 3.67. The molecule has 3 saturated heterocycles. The number of fused-ring (bicyclic) bond motifs is 2. The molecule has 208 valence electrons. The Morgan fingerprint density at radius 3 is 2.34 bits per heavy atom. The summed E-state index contributed by atoms with van der Waals surface area (Å²) in [6, 6.07) is 5.47. The predicted molar refractivity (Wildman–Crippen MR) is 142 cm³/mol. The van der Waals surface area contributed by atoms with Crippen LogP contribution in [0.15, 0.2) is 47.4 Å². The largest absolute Gasteiger partial charge is 0.421 e. The highest BCUT2D eigenvalue weighted by Crippen LogP contribution is 2.39. The van der Waals surface area contributed by atoms with E-state index in [9.17, 15) is 26.7 Å². The van der Waals surface area contributed by atoms with Gasteiger partial charge in [-0.15, -0.1) is 0 Å². The predicted octanol–water partition coefficient (Wildman–Crippen LogP) is 3.35. The summed E-state index contributed by atoms with van der Waals surface area (Å²) in [7, 11) is -3.79. The first-order valence-corrected chi connectivity index (χ1v) is 14.7. The van der Waals surface area contributed by atoms with Crippen molar-refractivity contribution in [1.82, 2.24) is 9.21 Å². The molecule has 0 amide bonds.